The lowest BCUT2D eigenvalue weighted by atomic mass is 9.80. The van der Waals surface area contributed by atoms with Crippen molar-refractivity contribution in [3.63, 3.8) is 0 Å². The van der Waals surface area contributed by atoms with Crippen molar-refractivity contribution in [3.05, 3.63) is 0 Å². The Morgan fingerprint density at radius 1 is 1.29 bits per heavy atom. The summed E-state index contributed by atoms with van der Waals surface area (Å²) in [5, 5.41) is 0. The molecule has 1 aliphatic heterocycles. The van der Waals surface area contributed by atoms with Crippen LogP contribution in [0.3, 0.4) is 0 Å². The van der Waals surface area contributed by atoms with E-state index < -0.39 is 0 Å². The first kappa shape index (κ1) is 15.0. The van der Waals surface area contributed by atoms with E-state index in [1.165, 1.54) is 45.2 Å². The fourth-order valence-electron chi connectivity index (χ4n) is 3.22. The molecular weight excluding hydrogens is 208 g/mol. The maximum Gasteiger partial charge on any atom is 0.0328 e. The molecule has 0 aromatic heterocycles. The highest BCUT2D eigenvalue weighted by Crippen LogP contribution is 2.31. The van der Waals surface area contributed by atoms with Gasteiger partial charge in [0, 0.05) is 12.1 Å². The van der Waals surface area contributed by atoms with Crippen molar-refractivity contribution in [1.82, 2.24) is 4.90 Å². The standard InChI is InChI=1S/C15H32N2/c1-5-7-14-8-10-17(11-9-14)15(4,12-16)13(3)6-2/h13-14H,5-12,16H2,1-4H3. The van der Waals surface area contributed by atoms with Crippen LogP contribution in [-0.4, -0.2) is 30.1 Å². The number of rotatable bonds is 6. The van der Waals surface area contributed by atoms with Gasteiger partial charge in [0.1, 0.15) is 0 Å². The average Bonchev–Trinajstić information content (AvgIpc) is 2.38. The van der Waals surface area contributed by atoms with Crippen LogP contribution in [0.5, 0.6) is 0 Å². The van der Waals surface area contributed by atoms with Gasteiger partial charge in [0.15, 0.2) is 0 Å². The zero-order valence-corrected chi connectivity index (χ0v) is 12.3. The van der Waals surface area contributed by atoms with Crippen LogP contribution < -0.4 is 5.73 Å². The van der Waals surface area contributed by atoms with E-state index in [9.17, 15) is 0 Å². The number of hydrogen-bond acceptors (Lipinski definition) is 2. The van der Waals surface area contributed by atoms with Crippen LogP contribution in [0.2, 0.25) is 0 Å². The van der Waals surface area contributed by atoms with Gasteiger partial charge in [-0.3, -0.25) is 4.90 Å². The van der Waals surface area contributed by atoms with Gasteiger partial charge in [-0.15, -0.1) is 0 Å². The van der Waals surface area contributed by atoms with Crippen LogP contribution in [0.4, 0.5) is 0 Å². The van der Waals surface area contributed by atoms with E-state index in [0.717, 1.165) is 12.5 Å². The summed E-state index contributed by atoms with van der Waals surface area (Å²) >= 11 is 0. The molecule has 0 aliphatic carbocycles. The number of nitrogens with two attached hydrogens (primary N) is 1. The van der Waals surface area contributed by atoms with Crippen molar-refractivity contribution in [2.75, 3.05) is 19.6 Å². The third-order valence-corrected chi connectivity index (χ3v) is 5.12. The van der Waals surface area contributed by atoms with Crippen molar-refractivity contribution >= 4 is 0 Å². The second-order valence-electron chi connectivity index (χ2n) is 6.09. The molecule has 0 spiro atoms. The Labute approximate surface area is 108 Å². The monoisotopic (exact) mass is 240 g/mol. The molecule has 2 heteroatoms. The van der Waals surface area contributed by atoms with Gasteiger partial charge in [-0.25, -0.2) is 0 Å². The normalized spacial score (nSPS) is 24.5. The summed E-state index contributed by atoms with van der Waals surface area (Å²) in [6.45, 7) is 12.6. The summed E-state index contributed by atoms with van der Waals surface area (Å²) in [6.07, 6.45) is 6.73. The first-order valence-electron chi connectivity index (χ1n) is 7.53. The van der Waals surface area contributed by atoms with Crippen LogP contribution in [0.15, 0.2) is 0 Å². The Kier molecular flexibility index (Phi) is 5.94. The predicted molar refractivity (Wildman–Crippen MR) is 76.1 cm³/mol. The van der Waals surface area contributed by atoms with Gasteiger partial charge in [-0.1, -0.05) is 40.0 Å². The largest absolute Gasteiger partial charge is 0.329 e. The van der Waals surface area contributed by atoms with E-state index in [-0.39, 0.29) is 5.54 Å². The molecule has 17 heavy (non-hydrogen) atoms. The van der Waals surface area contributed by atoms with Crippen LogP contribution in [-0.2, 0) is 0 Å². The number of nitrogens with zero attached hydrogens (tertiary/aromatic N) is 1. The summed E-state index contributed by atoms with van der Waals surface area (Å²) in [4.78, 5) is 2.66. The zero-order valence-electron chi connectivity index (χ0n) is 12.3. The van der Waals surface area contributed by atoms with Gasteiger partial charge < -0.3 is 5.73 Å². The van der Waals surface area contributed by atoms with Crippen molar-refractivity contribution in [1.29, 1.82) is 0 Å². The van der Waals surface area contributed by atoms with E-state index in [4.69, 9.17) is 5.73 Å². The Morgan fingerprint density at radius 3 is 2.29 bits per heavy atom. The van der Waals surface area contributed by atoms with Gasteiger partial charge in [0.2, 0.25) is 0 Å². The molecule has 2 atom stereocenters. The first-order chi connectivity index (χ1) is 8.08. The second kappa shape index (κ2) is 6.75. The van der Waals surface area contributed by atoms with Gasteiger partial charge >= 0.3 is 0 Å². The summed E-state index contributed by atoms with van der Waals surface area (Å²) in [7, 11) is 0. The molecule has 2 N–H and O–H groups in total. The quantitative estimate of drug-likeness (QED) is 0.772. The highest BCUT2D eigenvalue weighted by molar-refractivity contribution is 4.93. The smallest absolute Gasteiger partial charge is 0.0328 e. The molecule has 1 rings (SSSR count). The molecule has 102 valence electrons. The highest BCUT2D eigenvalue weighted by atomic mass is 15.2. The summed E-state index contributed by atoms with van der Waals surface area (Å²) in [6, 6.07) is 0. The fourth-order valence-corrected chi connectivity index (χ4v) is 3.22. The molecule has 1 saturated heterocycles. The Bertz CT molecular complexity index is 209. The van der Waals surface area contributed by atoms with Crippen LogP contribution in [0.25, 0.3) is 0 Å². The third-order valence-electron chi connectivity index (χ3n) is 5.12. The second-order valence-corrected chi connectivity index (χ2v) is 6.09. The summed E-state index contributed by atoms with van der Waals surface area (Å²) in [5.41, 5.74) is 6.28. The molecule has 0 radical (unpaired) electrons. The van der Waals surface area contributed by atoms with Gasteiger partial charge in [0.25, 0.3) is 0 Å². The molecule has 1 fully saturated rings. The highest BCUT2D eigenvalue weighted by Gasteiger charge is 2.36. The lowest BCUT2D eigenvalue weighted by molar-refractivity contribution is 0.0263. The van der Waals surface area contributed by atoms with E-state index in [2.05, 4.69) is 32.6 Å². The third kappa shape index (κ3) is 3.45. The van der Waals surface area contributed by atoms with Crippen molar-refractivity contribution in [2.24, 2.45) is 17.6 Å². The first-order valence-corrected chi connectivity index (χ1v) is 7.53. The topological polar surface area (TPSA) is 29.3 Å². The van der Waals surface area contributed by atoms with Gasteiger partial charge in [-0.05, 0) is 44.7 Å². The van der Waals surface area contributed by atoms with Gasteiger partial charge in [-0.2, -0.15) is 0 Å². The summed E-state index contributed by atoms with van der Waals surface area (Å²) < 4.78 is 0. The SMILES string of the molecule is CCCC1CCN(C(C)(CN)C(C)CC)CC1. The molecule has 0 aromatic carbocycles. The minimum absolute atomic E-state index is 0.214. The van der Waals surface area contributed by atoms with Crippen molar-refractivity contribution in [3.8, 4) is 0 Å². The van der Waals surface area contributed by atoms with Crippen molar-refractivity contribution in [2.45, 2.75) is 65.3 Å². The molecule has 2 nitrogen and oxygen atoms in total. The van der Waals surface area contributed by atoms with Crippen LogP contribution >= 0.6 is 0 Å². The van der Waals surface area contributed by atoms with E-state index in [1.54, 1.807) is 0 Å². The van der Waals surface area contributed by atoms with Gasteiger partial charge in [0.05, 0.1) is 0 Å². The Morgan fingerprint density at radius 2 is 1.88 bits per heavy atom. The molecule has 0 saturated carbocycles. The predicted octanol–water partition coefficient (Wildman–Crippen LogP) is 3.26. The fraction of sp³-hybridized carbons (Fsp3) is 1.00. The summed E-state index contributed by atoms with van der Waals surface area (Å²) in [5.74, 6) is 1.66. The average molecular weight is 240 g/mol. The number of hydrogen-bond donors (Lipinski definition) is 1. The molecule has 0 aromatic rings. The Hall–Kier alpha value is -0.0800. The molecular formula is C15H32N2. The van der Waals surface area contributed by atoms with Crippen LogP contribution in [0.1, 0.15) is 59.8 Å². The van der Waals surface area contributed by atoms with E-state index >= 15 is 0 Å². The molecule has 0 bridgehead atoms. The molecule has 2 unspecified atom stereocenters. The maximum absolute atomic E-state index is 6.07. The van der Waals surface area contributed by atoms with E-state index in [1.807, 2.05) is 0 Å². The molecule has 0 amide bonds. The number of piperidine rings is 1. The maximum atomic E-state index is 6.07. The van der Waals surface area contributed by atoms with E-state index in [0.29, 0.717) is 5.92 Å². The molecule has 1 aliphatic rings. The minimum atomic E-state index is 0.214. The zero-order chi connectivity index (χ0) is 12.9. The lowest BCUT2D eigenvalue weighted by Crippen LogP contribution is -2.58. The Balaban J connectivity index is 2.56. The van der Waals surface area contributed by atoms with Crippen molar-refractivity contribution < 1.29 is 0 Å². The lowest BCUT2D eigenvalue weighted by Gasteiger charge is -2.48. The minimum Gasteiger partial charge on any atom is -0.329 e. The number of likely N-dealkylation sites (tertiary alicyclic amines) is 1. The van der Waals surface area contributed by atoms with Crippen LogP contribution in [0, 0.1) is 11.8 Å². The molecule has 1 heterocycles.